The molecule has 4 rings (SSSR count). The number of nitrogens with one attached hydrogen (secondary N) is 1. The Kier molecular flexibility index (Phi) is 15.2. The number of hydrogen-bond donors (Lipinski definition) is 1. The van der Waals surface area contributed by atoms with E-state index in [0.29, 0.717) is 0 Å². The summed E-state index contributed by atoms with van der Waals surface area (Å²) in [6.45, 7) is 34.9. The molecule has 0 heterocycles. The molecule has 56 heavy (non-hydrogen) atoms. The summed E-state index contributed by atoms with van der Waals surface area (Å²) in [4.78, 5) is 13.4. The number of anilines is 1. The summed E-state index contributed by atoms with van der Waals surface area (Å²) in [5, 5.41) is 3.18. The van der Waals surface area contributed by atoms with Crippen molar-refractivity contribution in [1.82, 2.24) is 0 Å². The zero-order valence-electron chi connectivity index (χ0n) is 37.7. The number of benzene rings is 1. The number of methoxy groups -OCH3 is 1. The van der Waals surface area contributed by atoms with Crippen LogP contribution in [0.25, 0.3) is 0 Å². The van der Waals surface area contributed by atoms with Gasteiger partial charge in [0, 0.05) is 19.2 Å². The number of fused-ring (bicyclic) bond motifs is 1. The van der Waals surface area contributed by atoms with Gasteiger partial charge < -0.3 is 23.1 Å². The summed E-state index contributed by atoms with van der Waals surface area (Å²) in [5.74, 6) is 0.269. The molecule has 3 aliphatic rings. The van der Waals surface area contributed by atoms with Crippen LogP contribution in [0.2, 0.25) is 36.3 Å². The maximum atomic E-state index is 13.4. The Labute approximate surface area is 343 Å². The van der Waals surface area contributed by atoms with Crippen LogP contribution in [0, 0.1) is 11.3 Å². The molecule has 9 heteroatoms. The van der Waals surface area contributed by atoms with Gasteiger partial charge in [0.2, 0.25) is 0 Å². The summed E-state index contributed by atoms with van der Waals surface area (Å²) in [6.07, 6.45) is 14.9. The smallest absolute Gasteiger partial charge is 0.412 e. The van der Waals surface area contributed by atoms with Gasteiger partial charge in [-0.15, -0.1) is 0 Å². The van der Waals surface area contributed by atoms with Crippen LogP contribution in [-0.4, -0.2) is 60.5 Å². The van der Waals surface area contributed by atoms with Crippen LogP contribution < -0.4 is 5.32 Å². The van der Waals surface area contributed by atoms with E-state index in [2.05, 4.69) is 112 Å². The molecule has 1 aromatic carbocycles. The Balaban J connectivity index is 1.65. The summed E-state index contributed by atoms with van der Waals surface area (Å²) in [6, 6.07) is 9.55. The minimum atomic E-state index is -2.07. The van der Waals surface area contributed by atoms with Crippen LogP contribution in [-0.2, 0) is 23.1 Å². The zero-order chi connectivity index (χ0) is 41.7. The first-order chi connectivity index (χ1) is 25.9. The number of rotatable bonds is 14. The summed E-state index contributed by atoms with van der Waals surface area (Å²) >= 11 is 0. The van der Waals surface area contributed by atoms with E-state index in [4.69, 9.17) is 29.6 Å². The van der Waals surface area contributed by atoms with Crippen molar-refractivity contribution in [3.8, 4) is 0 Å². The standard InChI is InChI=1S/C47H77NO6Si2/c1-34-36(30-38(53-55(12,13)44(2,3)4)31-41(34)54-56(14,15)45(5,6)7)27-26-35-22-21-29-47(10)39(25-19-20-28-46(8,9)51-33-50-11)42(32-40(35)47)52-43(49)48-37-23-17-16-18-24-37/h16-18,23-27,38,40-42H,1,19-22,28-33H2,2-15H3,(H,48,49). The van der Waals surface area contributed by atoms with E-state index in [1.54, 1.807) is 7.11 Å². The lowest BCUT2D eigenvalue weighted by atomic mass is 9.65. The molecule has 1 amide bonds. The van der Waals surface area contributed by atoms with Gasteiger partial charge >= 0.3 is 6.09 Å². The first-order valence-electron chi connectivity index (χ1n) is 21.2. The molecule has 0 spiro atoms. The van der Waals surface area contributed by atoms with E-state index in [0.717, 1.165) is 69.0 Å². The van der Waals surface area contributed by atoms with Gasteiger partial charge in [-0.25, -0.2) is 4.79 Å². The molecule has 0 aromatic heterocycles. The van der Waals surface area contributed by atoms with Gasteiger partial charge in [-0.05, 0) is 142 Å². The van der Waals surface area contributed by atoms with Crippen molar-refractivity contribution in [2.45, 2.75) is 180 Å². The van der Waals surface area contributed by atoms with Gasteiger partial charge in [-0.2, -0.15) is 0 Å². The Hall–Kier alpha value is -2.28. The quantitative estimate of drug-likeness (QED) is 0.0873. The third-order valence-electron chi connectivity index (χ3n) is 13.8. The molecule has 0 radical (unpaired) electrons. The van der Waals surface area contributed by atoms with Gasteiger partial charge in [0.25, 0.3) is 0 Å². The second-order valence-electron chi connectivity index (χ2n) is 20.6. The second-order valence-corrected chi connectivity index (χ2v) is 30.1. The summed E-state index contributed by atoms with van der Waals surface area (Å²) in [7, 11) is -2.43. The molecule has 314 valence electrons. The van der Waals surface area contributed by atoms with Crippen LogP contribution >= 0.6 is 0 Å². The number of carbonyl (C=O) groups is 1. The molecule has 3 aliphatic carbocycles. The molecule has 7 nitrogen and oxygen atoms in total. The van der Waals surface area contributed by atoms with Crippen molar-refractivity contribution >= 4 is 28.4 Å². The Morgan fingerprint density at radius 2 is 1.57 bits per heavy atom. The number of hydrogen-bond acceptors (Lipinski definition) is 6. The Morgan fingerprint density at radius 3 is 2.20 bits per heavy atom. The molecule has 3 fully saturated rings. The molecule has 3 saturated carbocycles. The lowest BCUT2D eigenvalue weighted by Crippen LogP contribution is -2.49. The van der Waals surface area contributed by atoms with Gasteiger partial charge in [0.1, 0.15) is 12.9 Å². The number of unbranched alkanes of at least 4 members (excludes halogenated alkanes) is 1. The molecule has 5 unspecified atom stereocenters. The number of allylic oxidation sites excluding steroid dienone is 4. The lowest BCUT2D eigenvalue weighted by molar-refractivity contribution is -0.117. The van der Waals surface area contributed by atoms with Crippen molar-refractivity contribution in [3.63, 3.8) is 0 Å². The SMILES string of the molecule is C=C1C(=CC=C2CCCC3(C)C(=CCCCC(C)(C)OCOC)C(OC(=O)Nc4ccccc4)CC23)CC(O[Si](C)(C)C(C)(C)C)CC1O[Si](C)(C)C(C)(C)C. The lowest BCUT2D eigenvalue weighted by Gasteiger charge is -2.45. The monoisotopic (exact) mass is 808 g/mol. The minimum Gasteiger partial charge on any atom is -0.441 e. The van der Waals surface area contributed by atoms with Gasteiger partial charge in [-0.3, -0.25) is 5.32 Å². The van der Waals surface area contributed by atoms with E-state index >= 15 is 0 Å². The van der Waals surface area contributed by atoms with E-state index in [1.165, 1.54) is 16.7 Å². The highest BCUT2D eigenvalue weighted by Gasteiger charge is 2.52. The van der Waals surface area contributed by atoms with Crippen LogP contribution in [0.3, 0.4) is 0 Å². The average molecular weight is 808 g/mol. The Morgan fingerprint density at radius 1 is 0.929 bits per heavy atom. The van der Waals surface area contributed by atoms with Crippen LogP contribution in [0.15, 0.2) is 77.4 Å². The van der Waals surface area contributed by atoms with E-state index in [1.807, 2.05) is 30.3 Å². The van der Waals surface area contributed by atoms with E-state index in [-0.39, 0.29) is 52.1 Å². The van der Waals surface area contributed by atoms with Crippen LogP contribution in [0.4, 0.5) is 10.5 Å². The molecule has 1 aromatic rings. The maximum absolute atomic E-state index is 13.4. The molecule has 0 bridgehead atoms. The van der Waals surface area contributed by atoms with Gasteiger partial charge in [0.15, 0.2) is 16.6 Å². The average Bonchev–Trinajstić information content (AvgIpc) is 3.36. The number of amides is 1. The molecular formula is C47H77NO6Si2. The number of para-hydroxylation sites is 1. The largest absolute Gasteiger partial charge is 0.441 e. The van der Waals surface area contributed by atoms with Crippen molar-refractivity contribution in [2.24, 2.45) is 11.3 Å². The third-order valence-corrected chi connectivity index (χ3v) is 22.8. The van der Waals surface area contributed by atoms with Crippen molar-refractivity contribution in [3.05, 3.63) is 77.4 Å². The van der Waals surface area contributed by atoms with Crippen molar-refractivity contribution in [2.75, 3.05) is 19.2 Å². The van der Waals surface area contributed by atoms with Crippen LogP contribution in [0.5, 0.6) is 0 Å². The van der Waals surface area contributed by atoms with Gasteiger partial charge in [0.05, 0.1) is 17.8 Å². The molecule has 1 N–H and O–H groups in total. The fourth-order valence-electron chi connectivity index (χ4n) is 8.20. The first kappa shape index (κ1) is 46.4. The molecular weight excluding hydrogens is 731 g/mol. The molecule has 5 atom stereocenters. The highest BCUT2D eigenvalue weighted by atomic mass is 28.4. The topological polar surface area (TPSA) is 75.3 Å². The first-order valence-corrected chi connectivity index (χ1v) is 27.0. The molecule has 0 saturated heterocycles. The third kappa shape index (κ3) is 11.7. The highest BCUT2D eigenvalue weighted by molar-refractivity contribution is 6.74. The molecule has 0 aliphatic heterocycles. The maximum Gasteiger partial charge on any atom is 0.412 e. The Bertz CT molecular complexity index is 1600. The predicted molar refractivity (Wildman–Crippen MR) is 238 cm³/mol. The van der Waals surface area contributed by atoms with E-state index in [9.17, 15) is 4.79 Å². The van der Waals surface area contributed by atoms with Crippen molar-refractivity contribution in [1.29, 1.82) is 0 Å². The highest BCUT2D eigenvalue weighted by Crippen LogP contribution is 2.58. The minimum absolute atomic E-state index is 0.0625. The summed E-state index contributed by atoms with van der Waals surface area (Å²) < 4.78 is 31.7. The van der Waals surface area contributed by atoms with E-state index < -0.39 is 22.7 Å². The summed E-state index contributed by atoms with van der Waals surface area (Å²) in [5.41, 5.74) is 5.38. The zero-order valence-corrected chi connectivity index (χ0v) is 39.7. The predicted octanol–water partition coefficient (Wildman–Crippen LogP) is 13.3. The van der Waals surface area contributed by atoms with Crippen molar-refractivity contribution < 1.29 is 27.9 Å². The fourth-order valence-corrected chi connectivity index (χ4v) is 10.9. The number of ether oxygens (including phenoxy) is 3. The normalized spacial score (nSPS) is 27.5. The number of carbonyl (C=O) groups excluding carboxylic acids is 1. The van der Waals surface area contributed by atoms with Gasteiger partial charge in [-0.1, -0.05) is 97.0 Å². The van der Waals surface area contributed by atoms with Crippen LogP contribution in [0.1, 0.15) is 120 Å². The fraction of sp³-hybridized carbons (Fsp3) is 0.681. The second kappa shape index (κ2) is 18.3.